The van der Waals surface area contributed by atoms with Gasteiger partial charge in [0.25, 0.3) is 5.91 Å². The summed E-state index contributed by atoms with van der Waals surface area (Å²) in [6, 6.07) is 7.80. The molecule has 33 heavy (non-hydrogen) atoms. The minimum absolute atomic E-state index is 0. The summed E-state index contributed by atoms with van der Waals surface area (Å²) in [6.07, 6.45) is 6.11. The maximum Gasteiger partial charge on any atom is 0.259 e. The van der Waals surface area contributed by atoms with Crippen molar-refractivity contribution in [2.24, 2.45) is 4.99 Å². The normalized spacial score (nSPS) is 19.5. The van der Waals surface area contributed by atoms with Crippen molar-refractivity contribution in [3.05, 3.63) is 29.8 Å². The lowest BCUT2D eigenvalue weighted by atomic mass is 10.1. The summed E-state index contributed by atoms with van der Waals surface area (Å²) >= 11 is 0. The maximum absolute atomic E-state index is 11.7. The fraction of sp³-hybridized carbons (Fsp3) is 0.667. The van der Waals surface area contributed by atoms with E-state index in [1.165, 1.54) is 17.7 Å². The first-order valence-electron chi connectivity index (χ1n) is 11.7. The second kappa shape index (κ2) is 14.6. The minimum Gasteiger partial charge on any atom is -0.484 e. The number of aliphatic imine (C=N–C) groups is 1. The number of likely N-dealkylation sites (N-methyl/N-ethyl adjacent to an activating group) is 1. The van der Waals surface area contributed by atoms with Crippen molar-refractivity contribution in [2.75, 3.05) is 54.1 Å². The van der Waals surface area contributed by atoms with Crippen molar-refractivity contribution in [1.29, 1.82) is 0 Å². The number of benzene rings is 1. The van der Waals surface area contributed by atoms with Crippen LogP contribution in [-0.2, 0) is 20.8 Å². The number of piperidine rings is 1. The molecule has 8 nitrogen and oxygen atoms in total. The van der Waals surface area contributed by atoms with Gasteiger partial charge in [-0.05, 0) is 49.8 Å². The third-order valence-electron chi connectivity index (χ3n) is 5.96. The molecule has 9 heteroatoms. The molecule has 1 amide bonds. The fourth-order valence-electron chi connectivity index (χ4n) is 3.95. The van der Waals surface area contributed by atoms with Crippen molar-refractivity contribution in [2.45, 2.75) is 50.9 Å². The van der Waals surface area contributed by atoms with Crippen LogP contribution in [0.1, 0.15) is 37.7 Å². The highest BCUT2D eigenvalue weighted by atomic mass is 127. The largest absolute Gasteiger partial charge is 0.484 e. The summed E-state index contributed by atoms with van der Waals surface area (Å²) in [4.78, 5) is 20.0. The molecule has 1 aromatic carbocycles. The molecule has 3 rings (SSSR count). The average Bonchev–Trinajstić information content (AvgIpc) is 2.83. The molecular weight excluding hydrogens is 535 g/mol. The Labute approximate surface area is 215 Å². The van der Waals surface area contributed by atoms with E-state index < -0.39 is 0 Å². The van der Waals surface area contributed by atoms with Crippen LogP contribution in [0.25, 0.3) is 0 Å². The van der Waals surface area contributed by atoms with Crippen LogP contribution in [-0.4, -0.2) is 87.9 Å². The first kappa shape index (κ1) is 27.7. The number of likely N-dealkylation sites (tertiary alicyclic amines) is 1. The number of hydrogen-bond acceptors (Lipinski definition) is 5. The highest BCUT2D eigenvalue weighted by Crippen LogP contribution is 2.18. The Morgan fingerprint density at radius 2 is 2.03 bits per heavy atom. The Hall–Kier alpha value is -1.59. The summed E-state index contributed by atoms with van der Waals surface area (Å²) in [5.41, 5.74) is 1.08. The van der Waals surface area contributed by atoms with E-state index in [2.05, 4.69) is 15.2 Å². The second-order valence-corrected chi connectivity index (χ2v) is 8.63. The van der Waals surface area contributed by atoms with Gasteiger partial charge in [0.05, 0.1) is 18.8 Å². The van der Waals surface area contributed by atoms with Crippen LogP contribution >= 0.6 is 24.0 Å². The van der Waals surface area contributed by atoms with Crippen LogP contribution in [0.15, 0.2) is 29.3 Å². The Morgan fingerprint density at radius 1 is 1.24 bits per heavy atom. The van der Waals surface area contributed by atoms with E-state index in [1.54, 1.807) is 14.1 Å². The van der Waals surface area contributed by atoms with Gasteiger partial charge < -0.3 is 29.3 Å². The molecule has 186 valence electrons. The van der Waals surface area contributed by atoms with E-state index in [-0.39, 0.29) is 42.6 Å². The van der Waals surface area contributed by atoms with E-state index in [0.29, 0.717) is 18.4 Å². The molecular formula is C24H39IN4O4. The molecule has 1 aromatic rings. The number of ether oxygens (including phenoxy) is 3. The van der Waals surface area contributed by atoms with Gasteiger partial charge in [-0.3, -0.25) is 9.79 Å². The minimum atomic E-state index is -0.0624. The number of rotatable bonds is 8. The number of hydrogen-bond donors (Lipinski definition) is 1. The molecule has 2 fully saturated rings. The smallest absolute Gasteiger partial charge is 0.259 e. The molecule has 1 N–H and O–H groups in total. The van der Waals surface area contributed by atoms with E-state index in [4.69, 9.17) is 14.2 Å². The molecule has 0 saturated carbocycles. The highest BCUT2D eigenvalue weighted by molar-refractivity contribution is 14.0. The van der Waals surface area contributed by atoms with Gasteiger partial charge in [-0.25, -0.2) is 0 Å². The van der Waals surface area contributed by atoms with Gasteiger partial charge in [-0.1, -0.05) is 12.1 Å². The Morgan fingerprint density at radius 3 is 2.70 bits per heavy atom. The van der Waals surface area contributed by atoms with Crippen molar-refractivity contribution < 1.29 is 19.0 Å². The van der Waals surface area contributed by atoms with Gasteiger partial charge >= 0.3 is 0 Å². The van der Waals surface area contributed by atoms with Crippen LogP contribution < -0.4 is 10.1 Å². The van der Waals surface area contributed by atoms with Crippen LogP contribution in [0, 0.1) is 0 Å². The third-order valence-corrected chi connectivity index (χ3v) is 5.96. The number of carbonyl (C=O) groups is 1. The van der Waals surface area contributed by atoms with Crippen LogP contribution in [0.3, 0.4) is 0 Å². The van der Waals surface area contributed by atoms with Gasteiger partial charge in [-0.2, -0.15) is 0 Å². The molecule has 0 aromatic heterocycles. The second-order valence-electron chi connectivity index (χ2n) is 8.63. The van der Waals surface area contributed by atoms with Crippen molar-refractivity contribution in [3.63, 3.8) is 0 Å². The number of halogens is 1. The molecule has 2 heterocycles. The van der Waals surface area contributed by atoms with Gasteiger partial charge in [-0.15, -0.1) is 24.0 Å². The predicted octanol–water partition coefficient (Wildman–Crippen LogP) is 2.90. The van der Waals surface area contributed by atoms with E-state index in [0.717, 1.165) is 57.1 Å². The number of amides is 1. The maximum atomic E-state index is 11.7. The Kier molecular flexibility index (Phi) is 12.3. The predicted molar refractivity (Wildman–Crippen MR) is 140 cm³/mol. The first-order chi connectivity index (χ1) is 15.5. The SMILES string of the molecule is CN=C(NCc1cccc(OCC(=O)N(C)C)c1)N1CCC(OCC2CCCCO2)CC1.I. The summed E-state index contributed by atoms with van der Waals surface area (Å²) in [5, 5.41) is 3.45. The number of guanidine groups is 1. The lowest BCUT2D eigenvalue weighted by molar-refractivity contribution is -0.130. The van der Waals surface area contributed by atoms with Crippen molar-refractivity contribution in [1.82, 2.24) is 15.1 Å². The number of carbonyl (C=O) groups excluding carboxylic acids is 1. The van der Waals surface area contributed by atoms with Crippen molar-refractivity contribution >= 4 is 35.8 Å². The molecule has 1 atom stereocenters. The van der Waals surface area contributed by atoms with Gasteiger partial charge in [0, 0.05) is 47.4 Å². The van der Waals surface area contributed by atoms with Gasteiger partial charge in [0.15, 0.2) is 12.6 Å². The average molecular weight is 575 g/mol. The summed E-state index contributed by atoms with van der Waals surface area (Å²) in [5.74, 6) is 1.52. The van der Waals surface area contributed by atoms with Gasteiger partial charge in [0.1, 0.15) is 5.75 Å². The molecule has 0 spiro atoms. The highest BCUT2D eigenvalue weighted by Gasteiger charge is 2.23. The molecule has 2 saturated heterocycles. The number of nitrogens with zero attached hydrogens (tertiary/aromatic N) is 3. The summed E-state index contributed by atoms with van der Waals surface area (Å²) < 4.78 is 17.5. The zero-order chi connectivity index (χ0) is 22.8. The Bertz CT molecular complexity index is 748. The molecule has 0 aliphatic carbocycles. The molecule has 0 bridgehead atoms. The Balaban J connectivity index is 0.00000385. The molecule has 0 radical (unpaired) electrons. The van der Waals surface area contributed by atoms with Crippen LogP contribution in [0.2, 0.25) is 0 Å². The summed E-state index contributed by atoms with van der Waals surface area (Å²) in [6.45, 7) is 4.11. The first-order valence-corrected chi connectivity index (χ1v) is 11.7. The van der Waals surface area contributed by atoms with Crippen molar-refractivity contribution in [3.8, 4) is 5.75 Å². The lowest BCUT2D eigenvalue weighted by Gasteiger charge is -2.35. The zero-order valence-corrected chi connectivity index (χ0v) is 22.5. The van der Waals surface area contributed by atoms with E-state index in [9.17, 15) is 4.79 Å². The lowest BCUT2D eigenvalue weighted by Crippen LogP contribution is -2.47. The van der Waals surface area contributed by atoms with Crippen LogP contribution in [0.5, 0.6) is 5.75 Å². The summed E-state index contributed by atoms with van der Waals surface area (Å²) in [7, 11) is 5.26. The molecule has 1 unspecified atom stereocenters. The third kappa shape index (κ3) is 9.29. The van der Waals surface area contributed by atoms with Gasteiger partial charge in [0.2, 0.25) is 0 Å². The zero-order valence-electron chi connectivity index (χ0n) is 20.1. The molecule has 2 aliphatic heterocycles. The van der Waals surface area contributed by atoms with Crippen LogP contribution in [0.4, 0.5) is 0 Å². The fourth-order valence-corrected chi connectivity index (χ4v) is 3.95. The monoisotopic (exact) mass is 574 g/mol. The van der Waals surface area contributed by atoms with E-state index >= 15 is 0 Å². The quantitative estimate of drug-likeness (QED) is 0.293. The topological polar surface area (TPSA) is 75.6 Å². The number of nitrogens with one attached hydrogen (secondary N) is 1. The molecule has 2 aliphatic rings. The van der Waals surface area contributed by atoms with E-state index in [1.807, 2.05) is 31.3 Å². The standard InChI is InChI=1S/C24H38N4O4.HI/c1-25-24(26-16-19-7-6-9-21(15-19)32-18-23(29)27(2)3)28-12-10-20(11-13-28)31-17-22-8-4-5-14-30-22;/h6-7,9,15,20,22H,4-5,8,10-14,16-18H2,1-3H3,(H,25,26);1H.